The van der Waals surface area contributed by atoms with E-state index >= 15 is 0 Å². The van der Waals surface area contributed by atoms with Gasteiger partial charge in [0.2, 0.25) is 15.9 Å². The molecule has 1 aromatic heterocycles. The van der Waals surface area contributed by atoms with Gasteiger partial charge >= 0.3 is 0 Å². The number of sulfonamides is 1. The quantitative estimate of drug-likeness (QED) is 0.880. The van der Waals surface area contributed by atoms with Crippen molar-refractivity contribution in [1.29, 1.82) is 0 Å². The maximum absolute atomic E-state index is 11.9. The molecule has 106 valence electrons. The van der Waals surface area contributed by atoms with Crippen LogP contribution in [0.4, 0.5) is 0 Å². The van der Waals surface area contributed by atoms with E-state index in [1.165, 1.54) is 6.07 Å². The first-order valence-electron chi connectivity index (χ1n) is 6.21. The highest BCUT2D eigenvalue weighted by Gasteiger charge is 2.30. The Hall–Kier alpha value is -0.920. The van der Waals surface area contributed by atoms with Gasteiger partial charge in [0, 0.05) is 10.4 Å². The highest BCUT2D eigenvalue weighted by atomic mass is 32.2. The lowest BCUT2D eigenvalue weighted by molar-refractivity contribution is -0.122. The summed E-state index contributed by atoms with van der Waals surface area (Å²) in [7, 11) is -3.67. The molecule has 1 aromatic rings. The Morgan fingerprint density at radius 1 is 1.42 bits per heavy atom. The number of rotatable bonds is 4. The normalized spacial score (nSPS) is 18.4. The molecule has 1 aliphatic rings. The van der Waals surface area contributed by atoms with Crippen molar-refractivity contribution >= 4 is 27.3 Å². The van der Waals surface area contributed by atoms with E-state index in [4.69, 9.17) is 5.14 Å². The van der Waals surface area contributed by atoms with Crippen molar-refractivity contribution in [3.05, 3.63) is 17.0 Å². The first-order valence-corrected chi connectivity index (χ1v) is 8.57. The number of hydrogen-bond acceptors (Lipinski definition) is 4. The molecule has 0 spiro atoms. The van der Waals surface area contributed by atoms with Crippen molar-refractivity contribution in [1.82, 2.24) is 5.32 Å². The lowest BCUT2D eigenvalue weighted by Crippen LogP contribution is -2.44. The Morgan fingerprint density at radius 2 is 2.05 bits per heavy atom. The molecular weight excluding hydrogens is 284 g/mol. The Labute approximate surface area is 117 Å². The van der Waals surface area contributed by atoms with Crippen LogP contribution in [0.15, 0.2) is 16.3 Å². The monoisotopic (exact) mass is 302 g/mol. The predicted octanol–water partition coefficient (Wildman–Crippen LogP) is 1.39. The first kappa shape index (κ1) is 14.5. The summed E-state index contributed by atoms with van der Waals surface area (Å²) in [6.07, 6.45) is 4.50. The zero-order valence-corrected chi connectivity index (χ0v) is 12.4. The van der Waals surface area contributed by atoms with Gasteiger partial charge in [-0.05, 0) is 31.9 Å². The number of hydrogen-bond donors (Lipinski definition) is 2. The molecule has 7 heteroatoms. The van der Waals surface area contributed by atoms with Crippen molar-refractivity contribution in [2.75, 3.05) is 0 Å². The summed E-state index contributed by atoms with van der Waals surface area (Å²) in [5.74, 6) is -0.0628. The average molecular weight is 302 g/mol. The van der Waals surface area contributed by atoms with Gasteiger partial charge in [0.05, 0.1) is 6.42 Å². The van der Waals surface area contributed by atoms with Crippen LogP contribution in [-0.2, 0) is 21.2 Å². The predicted molar refractivity (Wildman–Crippen MR) is 74.4 cm³/mol. The van der Waals surface area contributed by atoms with Crippen molar-refractivity contribution < 1.29 is 13.2 Å². The molecular formula is C12H18N2O3S2. The van der Waals surface area contributed by atoms with Gasteiger partial charge in [0.1, 0.15) is 4.21 Å². The molecule has 1 amide bonds. The second-order valence-electron chi connectivity index (χ2n) is 5.26. The van der Waals surface area contributed by atoms with Gasteiger partial charge in [-0.15, -0.1) is 11.3 Å². The highest BCUT2D eigenvalue weighted by Crippen LogP contribution is 2.29. The minimum atomic E-state index is -3.67. The standard InChI is InChI=1S/C12H18N2O3S2/c1-12(6-2-3-7-12)14-10(15)8-9-4-5-11(18-9)19(13,16)17/h4-5H,2-3,6-8H2,1H3,(H,14,15)(H2,13,16,17). The fourth-order valence-corrected chi connectivity index (χ4v) is 4.20. The number of primary sulfonamides is 1. The molecule has 0 unspecified atom stereocenters. The van der Waals surface area contributed by atoms with Crippen LogP contribution in [0.5, 0.6) is 0 Å². The molecule has 1 heterocycles. The molecule has 2 rings (SSSR count). The number of carbonyl (C=O) groups excluding carboxylic acids is 1. The van der Waals surface area contributed by atoms with Crippen LogP contribution >= 0.6 is 11.3 Å². The van der Waals surface area contributed by atoms with Crippen molar-refractivity contribution in [2.24, 2.45) is 5.14 Å². The molecule has 3 N–H and O–H groups in total. The number of nitrogens with two attached hydrogens (primary N) is 1. The summed E-state index contributed by atoms with van der Waals surface area (Å²) in [5.41, 5.74) is -0.100. The number of thiophene rings is 1. The molecule has 0 aliphatic heterocycles. The third kappa shape index (κ3) is 3.77. The van der Waals surface area contributed by atoms with Crippen LogP contribution in [0.3, 0.4) is 0 Å². The molecule has 1 fully saturated rings. The molecule has 0 aromatic carbocycles. The van der Waals surface area contributed by atoms with Gasteiger partial charge < -0.3 is 5.32 Å². The summed E-state index contributed by atoms with van der Waals surface area (Å²) in [6.45, 7) is 2.06. The number of carbonyl (C=O) groups is 1. The van der Waals surface area contributed by atoms with Crippen LogP contribution < -0.4 is 10.5 Å². The Balaban J connectivity index is 1.97. The van der Waals surface area contributed by atoms with E-state index in [1.54, 1.807) is 6.07 Å². The summed E-state index contributed by atoms with van der Waals surface area (Å²) < 4.78 is 22.4. The number of nitrogens with one attached hydrogen (secondary N) is 1. The van der Waals surface area contributed by atoms with E-state index < -0.39 is 10.0 Å². The van der Waals surface area contributed by atoms with E-state index in [0.29, 0.717) is 4.88 Å². The van der Waals surface area contributed by atoms with Gasteiger partial charge in [0.15, 0.2) is 0 Å². The molecule has 19 heavy (non-hydrogen) atoms. The Bertz CT molecular complexity index is 572. The summed E-state index contributed by atoms with van der Waals surface area (Å²) in [5, 5.41) is 8.07. The zero-order valence-electron chi connectivity index (χ0n) is 10.8. The highest BCUT2D eigenvalue weighted by molar-refractivity contribution is 7.91. The average Bonchev–Trinajstić information content (AvgIpc) is 2.86. The zero-order chi connectivity index (χ0) is 14.1. The first-order chi connectivity index (χ1) is 8.78. The SMILES string of the molecule is CC1(NC(=O)Cc2ccc(S(N)(=O)=O)s2)CCCC1. The topological polar surface area (TPSA) is 89.3 Å². The summed E-state index contributed by atoms with van der Waals surface area (Å²) in [6, 6.07) is 3.08. The van der Waals surface area contributed by atoms with E-state index in [0.717, 1.165) is 37.0 Å². The largest absolute Gasteiger partial charge is 0.351 e. The van der Waals surface area contributed by atoms with Crippen LogP contribution in [0.1, 0.15) is 37.5 Å². The maximum atomic E-state index is 11.9. The molecule has 0 radical (unpaired) electrons. The van der Waals surface area contributed by atoms with Crippen molar-refractivity contribution in [3.63, 3.8) is 0 Å². The fourth-order valence-electron chi connectivity index (χ4n) is 2.43. The van der Waals surface area contributed by atoms with Gasteiger partial charge in [-0.1, -0.05) is 12.8 Å². The minimum Gasteiger partial charge on any atom is -0.351 e. The molecule has 1 aliphatic carbocycles. The van der Waals surface area contributed by atoms with Gasteiger partial charge in [-0.3, -0.25) is 4.79 Å². The maximum Gasteiger partial charge on any atom is 0.247 e. The summed E-state index contributed by atoms with van der Waals surface area (Å²) >= 11 is 1.05. The molecule has 0 bridgehead atoms. The van der Waals surface area contributed by atoms with E-state index in [-0.39, 0.29) is 22.1 Å². The van der Waals surface area contributed by atoms with E-state index in [9.17, 15) is 13.2 Å². The second kappa shape index (κ2) is 5.22. The third-order valence-electron chi connectivity index (χ3n) is 3.40. The Kier molecular flexibility index (Phi) is 3.98. The van der Waals surface area contributed by atoms with Crippen molar-refractivity contribution in [3.8, 4) is 0 Å². The minimum absolute atomic E-state index is 0.0628. The van der Waals surface area contributed by atoms with Gasteiger partial charge in [-0.25, -0.2) is 13.6 Å². The second-order valence-corrected chi connectivity index (χ2v) is 8.22. The van der Waals surface area contributed by atoms with Crippen LogP contribution in [0.2, 0.25) is 0 Å². The van der Waals surface area contributed by atoms with E-state index in [1.807, 2.05) is 0 Å². The molecule has 1 saturated carbocycles. The van der Waals surface area contributed by atoms with Crippen LogP contribution in [-0.4, -0.2) is 19.9 Å². The fraction of sp³-hybridized carbons (Fsp3) is 0.583. The Morgan fingerprint density at radius 3 is 2.58 bits per heavy atom. The van der Waals surface area contributed by atoms with E-state index in [2.05, 4.69) is 12.2 Å². The third-order valence-corrected chi connectivity index (χ3v) is 5.92. The van der Waals surface area contributed by atoms with Crippen LogP contribution in [0, 0.1) is 0 Å². The lowest BCUT2D eigenvalue weighted by Gasteiger charge is -2.25. The summed E-state index contributed by atoms with van der Waals surface area (Å²) in [4.78, 5) is 12.7. The van der Waals surface area contributed by atoms with Crippen molar-refractivity contribution in [2.45, 2.75) is 48.8 Å². The smallest absolute Gasteiger partial charge is 0.247 e. The van der Waals surface area contributed by atoms with Gasteiger partial charge in [-0.2, -0.15) is 0 Å². The molecule has 5 nitrogen and oxygen atoms in total. The van der Waals surface area contributed by atoms with Crippen LogP contribution in [0.25, 0.3) is 0 Å². The lowest BCUT2D eigenvalue weighted by atomic mass is 10.0. The molecule has 0 atom stereocenters. The van der Waals surface area contributed by atoms with Gasteiger partial charge in [0.25, 0.3) is 0 Å². The number of amides is 1. The molecule has 0 saturated heterocycles.